The van der Waals surface area contributed by atoms with E-state index >= 15 is 0 Å². The van der Waals surface area contributed by atoms with Crippen LogP contribution in [0.5, 0.6) is 6.01 Å². The molecule has 0 atom stereocenters. The molecule has 2 aromatic rings. The minimum atomic E-state index is 0.0632. The van der Waals surface area contributed by atoms with Crippen LogP contribution in [0.25, 0.3) is 0 Å². The van der Waals surface area contributed by atoms with Crippen molar-refractivity contribution in [2.75, 3.05) is 18.6 Å². The first-order chi connectivity index (χ1) is 8.63. The molecule has 0 saturated carbocycles. The van der Waals surface area contributed by atoms with Crippen molar-refractivity contribution in [1.82, 2.24) is 19.9 Å². The van der Waals surface area contributed by atoms with Gasteiger partial charge in [-0.05, 0) is 0 Å². The molecule has 18 heavy (non-hydrogen) atoms. The van der Waals surface area contributed by atoms with Gasteiger partial charge < -0.3 is 16.2 Å². The molecule has 0 spiro atoms. The molecule has 0 aliphatic carbocycles. The lowest BCUT2D eigenvalue weighted by Gasteiger charge is -2.08. The fourth-order valence-corrected chi connectivity index (χ4v) is 1.36. The van der Waals surface area contributed by atoms with Gasteiger partial charge in [-0.1, -0.05) is 0 Å². The molecule has 0 aliphatic rings. The second kappa shape index (κ2) is 4.62. The van der Waals surface area contributed by atoms with Crippen molar-refractivity contribution in [2.24, 2.45) is 0 Å². The number of nitrogens with one attached hydrogen (secondary N) is 1. The van der Waals surface area contributed by atoms with Crippen LogP contribution in [0.2, 0.25) is 0 Å². The maximum atomic E-state index is 8.02. The second-order valence-electron chi connectivity index (χ2n) is 3.35. The number of hydrogen-bond donors (Lipinski definition) is 3. The summed E-state index contributed by atoms with van der Waals surface area (Å²) >= 11 is 0. The van der Waals surface area contributed by atoms with E-state index in [0.29, 0.717) is 5.56 Å². The van der Waals surface area contributed by atoms with Crippen LogP contribution in [0.1, 0.15) is 11.1 Å². The minimum absolute atomic E-state index is 0.0632. The van der Waals surface area contributed by atoms with E-state index in [4.69, 9.17) is 21.6 Å². The molecular formula is C10H11N7O. The monoisotopic (exact) mass is 245 g/mol. The van der Waals surface area contributed by atoms with Crippen molar-refractivity contribution in [3.63, 3.8) is 0 Å². The lowest BCUT2D eigenvalue weighted by atomic mass is 10.1. The van der Waals surface area contributed by atoms with Crippen molar-refractivity contribution in [3.8, 4) is 6.01 Å². The van der Waals surface area contributed by atoms with Crippen LogP contribution in [0.3, 0.4) is 0 Å². The Hall–Kier alpha value is -2.77. The van der Waals surface area contributed by atoms with Gasteiger partial charge in [-0.2, -0.15) is 0 Å². The number of methoxy groups -OCH3 is 1. The van der Waals surface area contributed by atoms with Gasteiger partial charge in [-0.3, -0.25) is 5.41 Å². The molecule has 2 heterocycles. The lowest BCUT2D eigenvalue weighted by Crippen LogP contribution is -2.12. The standard InChI is InChI=1S/C10H11N7O/c1-18-10-14-2-5(3-15-10)7(11)6-8(12)16-4-17-9(6)13/h2-4,11H,1H3,(H4,12,13,16,17). The summed E-state index contributed by atoms with van der Waals surface area (Å²) < 4.78 is 4.84. The highest BCUT2D eigenvalue weighted by atomic mass is 16.5. The predicted molar refractivity (Wildman–Crippen MR) is 65.4 cm³/mol. The third-order valence-electron chi connectivity index (χ3n) is 2.26. The summed E-state index contributed by atoms with van der Waals surface area (Å²) in [6, 6.07) is 0.219. The van der Waals surface area contributed by atoms with E-state index in [1.807, 2.05) is 0 Å². The SMILES string of the molecule is COc1ncc(C(=N)c2c(N)ncnc2N)cn1. The molecule has 2 aromatic heterocycles. The average molecular weight is 245 g/mol. The fourth-order valence-electron chi connectivity index (χ4n) is 1.36. The van der Waals surface area contributed by atoms with E-state index in [1.54, 1.807) is 0 Å². The van der Waals surface area contributed by atoms with Crippen LogP contribution in [-0.2, 0) is 0 Å². The van der Waals surface area contributed by atoms with Crippen LogP contribution in [-0.4, -0.2) is 32.8 Å². The van der Waals surface area contributed by atoms with E-state index in [2.05, 4.69) is 19.9 Å². The highest BCUT2D eigenvalue weighted by Gasteiger charge is 2.14. The van der Waals surface area contributed by atoms with Gasteiger partial charge in [-0.15, -0.1) is 0 Å². The summed E-state index contributed by atoms with van der Waals surface area (Å²) in [4.78, 5) is 15.4. The molecular weight excluding hydrogens is 234 g/mol. The van der Waals surface area contributed by atoms with Crippen LogP contribution < -0.4 is 16.2 Å². The topological polar surface area (TPSA) is 137 Å². The zero-order valence-electron chi connectivity index (χ0n) is 9.58. The lowest BCUT2D eigenvalue weighted by molar-refractivity contribution is 0.379. The van der Waals surface area contributed by atoms with Gasteiger partial charge in [0.2, 0.25) is 0 Å². The van der Waals surface area contributed by atoms with Gasteiger partial charge in [0.15, 0.2) is 0 Å². The van der Waals surface area contributed by atoms with E-state index in [-0.39, 0.29) is 28.9 Å². The van der Waals surface area contributed by atoms with Crippen LogP contribution in [0, 0.1) is 5.41 Å². The first-order valence-electron chi connectivity index (χ1n) is 4.94. The molecule has 0 radical (unpaired) electrons. The molecule has 5 N–H and O–H groups in total. The third kappa shape index (κ3) is 2.03. The normalized spacial score (nSPS) is 10.1. The van der Waals surface area contributed by atoms with Crippen molar-refractivity contribution >= 4 is 17.3 Å². The smallest absolute Gasteiger partial charge is 0.316 e. The summed E-state index contributed by atoms with van der Waals surface area (Å²) in [5.41, 5.74) is 12.1. The summed E-state index contributed by atoms with van der Waals surface area (Å²) in [5.74, 6) is 0.284. The van der Waals surface area contributed by atoms with Gasteiger partial charge in [0.05, 0.1) is 18.4 Å². The van der Waals surface area contributed by atoms with Gasteiger partial charge in [0, 0.05) is 18.0 Å². The summed E-state index contributed by atoms with van der Waals surface area (Å²) in [5, 5.41) is 8.02. The fraction of sp³-hybridized carbons (Fsp3) is 0.100. The van der Waals surface area contributed by atoms with E-state index in [0.717, 1.165) is 0 Å². The second-order valence-corrected chi connectivity index (χ2v) is 3.35. The highest BCUT2D eigenvalue weighted by Crippen LogP contribution is 2.18. The quantitative estimate of drug-likeness (QED) is 0.639. The molecule has 0 unspecified atom stereocenters. The minimum Gasteiger partial charge on any atom is -0.467 e. The Kier molecular flexibility index (Phi) is 3.00. The molecule has 8 nitrogen and oxygen atoms in total. The van der Waals surface area contributed by atoms with Crippen molar-refractivity contribution in [1.29, 1.82) is 5.41 Å². The number of rotatable bonds is 3. The van der Waals surface area contributed by atoms with Crippen LogP contribution in [0.15, 0.2) is 18.7 Å². The maximum Gasteiger partial charge on any atom is 0.316 e. The Bertz CT molecular complexity index is 561. The molecule has 0 saturated heterocycles. The number of nitrogens with two attached hydrogens (primary N) is 2. The van der Waals surface area contributed by atoms with Crippen molar-refractivity contribution in [3.05, 3.63) is 29.8 Å². The number of anilines is 2. The molecule has 2 rings (SSSR count). The highest BCUT2D eigenvalue weighted by molar-refractivity contribution is 6.15. The molecule has 0 aliphatic heterocycles. The zero-order chi connectivity index (χ0) is 13.1. The van der Waals surface area contributed by atoms with Gasteiger partial charge in [0.1, 0.15) is 18.0 Å². The van der Waals surface area contributed by atoms with E-state index in [9.17, 15) is 0 Å². The number of ether oxygens (including phenoxy) is 1. The largest absolute Gasteiger partial charge is 0.467 e. The first kappa shape index (κ1) is 11.7. The van der Waals surface area contributed by atoms with Crippen LogP contribution >= 0.6 is 0 Å². The van der Waals surface area contributed by atoms with Crippen molar-refractivity contribution in [2.45, 2.75) is 0 Å². The number of aromatic nitrogens is 4. The van der Waals surface area contributed by atoms with E-state index in [1.165, 1.54) is 25.8 Å². The summed E-state index contributed by atoms with van der Waals surface area (Å²) in [7, 11) is 1.46. The Morgan fingerprint density at radius 2 is 1.67 bits per heavy atom. The number of nitrogen functional groups attached to an aromatic ring is 2. The summed E-state index contributed by atoms with van der Waals surface area (Å²) in [6.45, 7) is 0. The van der Waals surface area contributed by atoms with Crippen molar-refractivity contribution < 1.29 is 4.74 Å². The summed E-state index contributed by atoms with van der Waals surface area (Å²) in [6.07, 6.45) is 4.13. The van der Waals surface area contributed by atoms with Gasteiger partial charge in [-0.25, -0.2) is 19.9 Å². The number of nitrogens with zero attached hydrogens (tertiary/aromatic N) is 4. The zero-order valence-corrected chi connectivity index (χ0v) is 9.58. The molecule has 0 aromatic carbocycles. The van der Waals surface area contributed by atoms with Gasteiger partial charge in [0.25, 0.3) is 0 Å². The molecule has 92 valence electrons. The molecule has 0 fully saturated rings. The third-order valence-corrected chi connectivity index (χ3v) is 2.26. The van der Waals surface area contributed by atoms with Gasteiger partial charge >= 0.3 is 6.01 Å². The Labute approximate surface area is 103 Å². The average Bonchev–Trinajstić information content (AvgIpc) is 2.38. The van der Waals surface area contributed by atoms with Crippen LogP contribution in [0.4, 0.5) is 11.6 Å². The molecule has 0 bridgehead atoms. The Morgan fingerprint density at radius 1 is 1.11 bits per heavy atom. The first-order valence-corrected chi connectivity index (χ1v) is 4.94. The molecule has 8 heteroatoms. The Balaban J connectivity index is 2.41. The molecule has 0 amide bonds. The van der Waals surface area contributed by atoms with E-state index < -0.39 is 0 Å². The Morgan fingerprint density at radius 3 is 2.17 bits per heavy atom. The maximum absolute atomic E-state index is 8.02. The predicted octanol–water partition coefficient (Wildman–Crippen LogP) is -0.144. The number of hydrogen-bond acceptors (Lipinski definition) is 8.